The summed E-state index contributed by atoms with van der Waals surface area (Å²) in [5, 5.41) is 19.2. The number of rotatable bonds is 11. The predicted molar refractivity (Wildman–Crippen MR) is 108 cm³/mol. The zero-order chi connectivity index (χ0) is 22.1. The van der Waals surface area contributed by atoms with E-state index in [0.29, 0.717) is 30.8 Å². The van der Waals surface area contributed by atoms with Gasteiger partial charge in [0.1, 0.15) is 11.5 Å². The summed E-state index contributed by atoms with van der Waals surface area (Å²) in [7, 11) is 0. The number of carboxylic acid groups (broad SMARTS) is 1. The first-order valence-electron chi connectivity index (χ1n) is 9.77. The molecule has 1 amide bonds. The Morgan fingerprint density at radius 1 is 1.13 bits per heavy atom. The molecule has 0 fully saturated rings. The largest absolute Gasteiger partial charge is 0.493 e. The molecule has 0 spiro atoms. The van der Waals surface area contributed by atoms with Gasteiger partial charge in [-0.3, -0.25) is 9.59 Å². The third-order valence-electron chi connectivity index (χ3n) is 4.47. The number of halogens is 1. The summed E-state index contributed by atoms with van der Waals surface area (Å²) in [4.78, 5) is 28.2. The maximum atomic E-state index is 13.1. The minimum atomic E-state index is -1.48. The van der Waals surface area contributed by atoms with Gasteiger partial charge in [-0.1, -0.05) is 18.2 Å². The number of unbranched alkanes of at least 4 members (excludes halogenated alkanes) is 2. The van der Waals surface area contributed by atoms with Gasteiger partial charge in [0, 0.05) is 18.2 Å². The van der Waals surface area contributed by atoms with Gasteiger partial charge < -0.3 is 19.8 Å². The Bertz CT molecular complexity index is 849. The van der Waals surface area contributed by atoms with Crippen molar-refractivity contribution >= 4 is 11.9 Å². The summed E-state index contributed by atoms with van der Waals surface area (Å²) in [5.41, 5.74) is -0.612. The number of hydrogen-bond donors (Lipinski definition) is 2. The van der Waals surface area contributed by atoms with Crippen LogP contribution in [0.1, 0.15) is 55.5 Å². The molecule has 1 heterocycles. The first-order chi connectivity index (χ1) is 14.2. The quantitative estimate of drug-likeness (QED) is 0.328. The van der Waals surface area contributed by atoms with Gasteiger partial charge in [-0.25, -0.2) is 4.98 Å². The van der Waals surface area contributed by atoms with Crippen LogP contribution >= 0.6 is 0 Å². The molecule has 2 N–H and O–H groups in total. The molecule has 2 aromatic rings. The number of para-hydroxylation sites is 1. The molecule has 30 heavy (non-hydrogen) atoms. The highest BCUT2D eigenvalue weighted by molar-refractivity contribution is 5.94. The topological polar surface area (TPSA) is 100.0 Å². The fraction of sp³-hybridized carbons (Fsp3) is 0.409. The van der Waals surface area contributed by atoms with Gasteiger partial charge in [-0.2, -0.15) is 4.39 Å². The molecule has 1 aromatic heterocycles. The molecule has 0 saturated heterocycles. The van der Waals surface area contributed by atoms with Crippen LogP contribution in [0.3, 0.4) is 0 Å². The lowest BCUT2D eigenvalue weighted by atomic mass is 10.1. The smallest absolute Gasteiger partial charge is 0.303 e. The van der Waals surface area contributed by atoms with E-state index in [-0.39, 0.29) is 18.5 Å². The molecule has 162 valence electrons. The lowest BCUT2D eigenvalue weighted by Gasteiger charge is -2.34. The third-order valence-corrected chi connectivity index (χ3v) is 4.47. The van der Waals surface area contributed by atoms with E-state index >= 15 is 0 Å². The highest BCUT2D eigenvalue weighted by Gasteiger charge is 2.30. The van der Waals surface area contributed by atoms with Crippen LogP contribution in [-0.4, -0.2) is 44.3 Å². The zero-order valence-corrected chi connectivity index (χ0v) is 17.2. The van der Waals surface area contributed by atoms with Crippen molar-refractivity contribution < 1.29 is 28.9 Å². The summed E-state index contributed by atoms with van der Waals surface area (Å²) >= 11 is 0. The second-order valence-electron chi connectivity index (χ2n) is 7.42. The molecule has 0 radical (unpaired) electrons. The Kier molecular flexibility index (Phi) is 8.29. The van der Waals surface area contributed by atoms with E-state index in [2.05, 4.69) is 4.98 Å². The van der Waals surface area contributed by atoms with E-state index in [9.17, 15) is 19.1 Å². The summed E-state index contributed by atoms with van der Waals surface area (Å²) in [6.07, 6.45) is 3.30. The summed E-state index contributed by atoms with van der Waals surface area (Å²) in [6, 6.07) is 9.61. The predicted octanol–water partition coefficient (Wildman–Crippen LogP) is 3.62. The number of aromatic nitrogens is 1. The van der Waals surface area contributed by atoms with Gasteiger partial charge in [-0.05, 0) is 51.3 Å². The van der Waals surface area contributed by atoms with Crippen LogP contribution in [0.5, 0.6) is 5.75 Å². The molecule has 0 atom stereocenters. The third kappa shape index (κ3) is 7.11. The van der Waals surface area contributed by atoms with Crippen molar-refractivity contribution in [3.05, 3.63) is 59.7 Å². The number of hydrogen-bond acceptors (Lipinski definition) is 5. The second-order valence-corrected chi connectivity index (χ2v) is 7.42. The van der Waals surface area contributed by atoms with E-state index in [0.717, 1.165) is 18.7 Å². The Morgan fingerprint density at radius 2 is 1.87 bits per heavy atom. The molecule has 0 aliphatic heterocycles. The van der Waals surface area contributed by atoms with Gasteiger partial charge in [0.25, 0.3) is 5.91 Å². The molecule has 0 aliphatic carbocycles. The monoisotopic (exact) mass is 418 g/mol. The SMILES string of the molecule is CC(C)(O)N(Cc1ccccc1OCCCCCC(=O)O)C(=O)c1ccc(F)nc1. The van der Waals surface area contributed by atoms with E-state index < -0.39 is 23.5 Å². The molecule has 0 unspecified atom stereocenters. The normalized spacial score (nSPS) is 11.2. The van der Waals surface area contributed by atoms with Crippen molar-refractivity contribution in [2.24, 2.45) is 0 Å². The number of aliphatic carboxylic acids is 1. The first kappa shape index (κ1) is 23.3. The number of aliphatic hydroxyl groups is 1. The number of nitrogens with zero attached hydrogens (tertiary/aromatic N) is 2. The Labute approximate surface area is 175 Å². The average molecular weight is 418 g/mol. The van der Waals surface area contributed by atoms with Crippen LogP contribution in [0.15, 0.2) is 42.6 Å². The van der Waals surface area contributed by atoms with Crippen molar-refractivity contribution in [1.29, 1.82) is 0 Å². The van der Waals surface area contributed by atoms with Crippen molar-refractivity contribution in [2.75, 3.05) is 6.61 Å². The van der Waals surface area contributed by atoms with E-state index in [1.54, 1.807) is 12.1 Å². The van der Waals surface area contributed by atoms with Crippen LogP contribution in [0, 0.1) is 5.95 Å². The van der Waals surface area contributed by atoms with Crippen molar-refractivity contribution in [1.82, 2.24) is 9.88 Å². The number of carbonyl (C=O) groups is 2. The zero-order valence-electron chi connectivity index (χ0n) is 17.2. The van der Waals surface area contributed by atoms with Crippen LogP contribution in [0.25, 0.3) is 0 Å². The first-order valence-corrected chi connectivity index (χ1v) is 9.77. The van der Waals surface area contributed by atoms with Crippen molar-refractivity contribution in [2.45, 2.75) is 51.8 Å². The lowest BCUT2D eigenvalue weighted by Crippen LogP contribution is -2.47. The minimum Gasteiger partial charge on any atom is -0.493 e. The number of ether oxygens (including phenoxy) is 1. The summed E-state index contributed by atoms with van der Waals surface area (Å²) in [5.74, 6) is -1.41. The minimum absolute atomic E-state index is 0.0783. The number of pyridine rings is 1. The molecule has 1 aromatic carbocycles. The molecular weight excluding hydrogens is 391 g/mol. The van der Waals surface area contributed by atoms with E-state index in [1.807, 2.05) is 12.1 Å². The number of carboxylic acids is 1. The fourth-order valence-electron chi connectivity index (χ4n) is 2.85. The second kappa shape index (κ2) is 10.7. The van der Waals surface area contributed by atoms with Gasteiger partial charge >= 0.3 is 5.97 Å². The van der Waals surface area contributed by atoms with Gasteiger partial charge in [0.2, 0.25) is 5.95 Å². The Morgan fingerprint density at radius 3 is 2.50 bits per heavy atom. The fourth-order valence-corrected chi connectivity index (χ4v) is 2.85. The van der Waals surface area contributed by atoms with Crippen LogP contribution < -0.4 is 4.74 Å². The highest BCUT2D eigenvalue weighted by Crippen LogP contribution is 2.25. The van der Waals surface area contributed by atoms with Crippen molar-refractivity contribution in [3.8, 4) is 5.75 Å². The number of carbonyl (C=O) groups excluding carboxylic acids is 1. The maximum absolute atomic E-state index is 13.1. The van der Waals surface area contributed by atoms with Gasteiger partial charge in [-0.15, -0.1) is 0 Å². The molecular formula is C22H27FN2O5. The van der Waals surface area contributed by atoms with Crippen LogP contribution in [-0.2, 0) is 11.3 Å². The number of benzene rings is 1. The average Bonchev–Trinajstić information content (AvgIpc) is 2.68. The molecule has 0 aliphatic rings. The van der Waals surface area contributed by atoms with Crippen LogP contribution in [0.2, 0.25) is 0 Å². The Hall–Kier alpha value is -3.00. The molecule has 8 heteroatoms. The maximum Gasteiger partial charge on any atom is 0.303 e. The van der Waals surface area contributed by atoms with E-state index in [1.165, 1.54) is 24.8 Å². The van der Waals surface area contributed by atoms with Gasteiger partial charge in [0.15, 0.2) is 0 Å². The molecule has 0 bridgehead atoms. The van der Waals surface area contributed by atoms with Gasteiger partial charge in [0.05, 0.1) is 18.7 Å². The lowest BCUT2D eigenvalue weighted by molar-refractivity contribution is -0.137. The van der Waals surface area contributed by atoms with E-state index in [4.69, 9.17) is 9.84 Å². The van der Waals surface area contributed by atoms with Crippen LogP contribution in [0.4, 0.5) is 4.39 Å². The Balaban J connectivity index is 2.08. The standard InChI is InChI=1S/C22H27FN2O5/c1-22(2,29)25(21(28)16-11-12-19(23)24-14-16)15-17-8-5-6-9-18(17)30-13-7-3-4-10-20(26)27/h5-6,8-9,11-12,14,29H,3-4,7,10,13,15H2,1-2H3,(H,26,27). The summed E-state index contributed by atoms with van der Waals surface area (Å²) < 4.78 is 18.9. The summed E-state index contributed by atoms with van der Waals surface area (Å²) in [6.45, 7) is 3.48. The molecule has 0 saturated carbocycles. The van der Waals surface area contributed by atoms with Crippen molar-refractivity contribution in [3.63, 3.8) is 0 Å². The highest BCUT2D eigenvalue weighted by atomic mass is 19.1. The number of amides is 1. The molecule has 2 rings (SSSR count). The molecule has 7 nitrogen and oxygen atoms in total.